The van der Waals surface area contributed by atoms with E-state index in [0.29, 0.717) is 22.2 Å². The first-order chi connectivity index (χ1) is 9.83. The monoisotopic (exact) mass is 304 g/mol. The van der Waals surface area contributed by atoms with E-state index in [0.717, 1.165) is 0 Å². The number of carbonyl (C=O) groups excluding carboxylic acids is 1. The molecule has 0 aliphatic heterocycles. The van der Waals surface area contributed by atoms with E-state index >= 15 is 0 Å². The molecule has 1 aromatic heterocycles. The fraction of sp³-hybridized carbons (Fsp3) is 0.267. The predicted octanol–water partition coefficient (Wildman–Crippen LogP) is 3.59. The molecule has 2 aromatic rings. The van der Waals surface area contributed by atoms with Crippen molar-refractivity contribution in [3.8, 4) is 0 Å². The van der Waals surface area contributed by atoms with Crippen LogP contribution < -0.4 is 10.6 Å². The van der Waals surface area contributed by atoms with E-state index in [1.54, 1.807) is 36.4 Å². The van der Waals surface area contributed by atoms with E-state index in [1.807, 2.05) is 20.8 Å². The zero-order valence-electron chi connectivity index (χ0n) is 12.1. The van der Waals surface area contributed by atoms with Gasteiger partial charge < -0.3 is 10.6 Å². The molecule has 110 valence electrons. The standard InChI is InChI=1S/C15H17ClN4O/c1-15(2,3)18-13-9-8-12(19-20-13)17-14(21)10-4-6-11(16)7-5-10/h4-9H,1-3H3,(H,18,20)(H,17,19,21). The van der Waals surface area contributed by atoms with Crippen LogP contribution in [0.1, 0.15) is 31.1 Å². The van der Waals surface area contributed by atoms with Gasteiger partial charge in [0.15, 0.2) is 5.82 Å². The molecule has 0 spiro atoms. The summed E-state index contributed by atoms with van der Waals surface area (Å²) < 4.78 is 0. The molecule has 1 aromatic carbocycles. The predicted molar refractivity (Wildman–Crippen MR) is 84.8 cm³/mol. The lowest BCUT2D eigenvalue weighted by Gasteiger charge is -2.20. The van der Waals surface area contributed by atoms with E-state index in [4.69, 9.17) is 11.6 Å². The maximum absolute atomic E-state index is 12.0. The summed E-state index contributed by atoms with van der Waals surface area (Å²) in [4.78, 5) is 12.0. The molecule has 1 heterocycles. The molecule has 0 saturated carbocycles. The molecule has 0 saturated heterocycles. The number of benzene rings is 1. The van der Waals surface area contributed by atoms with Crippen LogP contribution in [-0.2, 0) is 0 Å². The largest absolute Gasteiger partial charge is 0.364 e. The van der Waals surface area contributed by atoms with Gasteiger partial charge in [0.2, 0.25) is 0 Å². The van der Waals surface area contributed by atoms with Crippen molar-refractivity contribution in [1.29, 1.82) is 0 Å². The fourth-order valence-corrected chi connectivity index (χ4v) is 1.77. The van der Waals surface area contributed by atoms with Crippen molar-refractivity contribution in [2.45, 2.75) is 26.3 Å². The Morgan fingerprint density at radius 1 is 1.00 bits per heavy atom. The molecule has 0 bridgehead atoms. The maximum atomic E-state index is 12.0. The van der Waals surface area contributed by atoms with Crippen LogP contribution in [0.5, 0.6) is 0 Å². The summed E-state index contributed by atoms with van der Waals surface area (Å²) in [7, 11) is 0. The van der Waals surface area contributed by atoms with E-state index in [1.165, 1.54) is 0 Å². The first-order valence-electron chi connectivity index (χ1n) is 6.52. The number of anilines is 2. The Hall–Kier alpha value is -2.14. The molecule has 2 rings (SSSR count). The van der Waals surface area contributed by atoms with E-state index < -0.39 is 0 Å². The zero-order valence-corrected chi connectivity index (χ0v) is 12.9. The molecule has 0 aliphatic carbocycles. The van der Waals surface area contributed by atoms with E-state index in [2.05, 4.69) is 20.8 Å². The molecule has 1 amide bonds. The molecule has 6 heteroatoms. The van der Waals surface area contributed by atoms with Gasteiger partial charge in [0.25, 0.3) is 5.91 Å². The van der Waals surface area contributed by atoms with Crippen LogP contribution in [0.4, 0.5) is 11.6 Å². The quantitative estimate of drug-likeness (QED) is 0.909. The van der Waals surface area contributed by atoms with E-state index in [-0.39, 0.29) is 11.4 Å². The Morgan fingerprint density at radius 3 is 2.10 bits per heavy atom. The van der Waals surface area contributed by atoms with Gasteiger partial charge in [-0.2, -0.15) is 0 Å². The van der Waals surface area contributed by atoms with Crippen LogP contribution in [0, 0.1) is 0 Å². The number of rotatable bonds is 3. The Balaban J connectivity index is 2.03. The van der Waals surface area contributed by atoms with Crippen LogP contribution in [0.2, 0.25) is 5.02 Å². The number of hydrogen-bond acceptors (Lipinski definition) is 4. The average molecular weight is 305 g/mol. The second kappa shape index (κ2) is 6.10. The summed E-state index contributed by atoms with van der Waals surface area (Å²) >= 11 is 5.79. The molecule has 5 nitrogen and oxygen atoms in total. The van der Waals surface area contributed by atoms with Crippen molar-refractivity contribution in [2.75, 3.05) is 10.6 Å². The highest BCUT2D eigenvalue weighted by atomic mass is 35.5. The Morgan fingerprint density at radius 2 is 1.57 bits per heavy atom. The van der Waals surface area contributed by atoms with Crippen molar-refractivity contribution in [3.05, 3.63) is 47.0 Å². The lowest BCUT2D eigenvalue weighted by atomic mass is 10.1. The van der Waals surface area contributed by atoms with Gasteiger partial charge in [-0.25, -0.2) is 0 Å². The Bertz CT molecular complexity index is 618. The van der Waals surface area contributed by atoms with Gasteiger partial charge in [-0.1, -0.05) is 11.6 Å². The van der Waals surface area contributed by atoms with Gasteiger partial charge in [0.1, 0.15) is 5.82 Å². The first kappa shape index (κ1) is 15.3. The number of nitrogens with one attached hydrogen (secondary N) is 2. The summed E-state index contributed by atoms with van der Waals surface area (Å²) in [5, 5.41) is 14.5. The second-order valence-electron chi connectivity index (χ2n) is 5.64. The van der Waals surface area contributed by atoms with Crippen LogP contribution >= 0.6 is 11.6 Å². The SMILES string of the molecule is CC(C)(C)Nc1ccc(NC(=O)c2ccc(Cl)cc2)nn1. The minimum Gasteiger partial charge on any atom is -0.364 e. The van der Waals surface area contributed by atoms with Gasteiger partial charge in [-0.15, -0.1) is 10.2 Å². The molecule has 0 fully saturated rings. The molecule has 0 atom stereocenters. The number of carbonyl (C=O) groups is 1. The molecule has 2 N–H and O–H groups in total. The number of aromatic nitrogens is 2. The maximum Gasteiger partial charge on any atom is 0.256 e. The van der Waals surface area contributed by atoms with Gasteiger partial charge >= 0.3 is 0 Å². The minimum atomic E-state index is -0.252. The molecule has 0 aliphatic rings. The lowest BCUT2D eigenvalue weighted by Crippen LogP contribution is -2.26. The smallest absolute Gasteiger partial charge is 0.256 e. The van der Waals surface area contributed by atoms with Crippen LogP contribution in [-0.4, -0.2) is 21.6 Å². The first-order valence-corrected chi connectivity index (χ1v) is 6.90. The van der Waals surface area contributed by atoms with E-state index in [9.17, 15) is 4.79 Å². The van der Waals surface area contributed by atoms with Crippen molar-refractivity contribution >= 4 is 29.1 Å². The average Bonchev–Trinajstić information content (AvgIpc) is 2.40. The third kappa shape index (κ3) is 4.72. The highest BCUT2D eigenvalue weighted by Crippen LogP contribution is 2.14. The lowest BCUT2D eigenvalue weighted by molar-refractivity contribution is 0.102. The number of halogens is 1. The molecular formula is C15H17ClN4O. The minimum absolute atomic E-state index is 0.0945. The molecule has 21 heavy (non-hydrogen) atoms. The third-order valence-corrected chi connectivity index (χ3v) is 2.77. The topological polar surface area (TPSA) is 66.9 Å². The van der Waals surface area contributed by atoms with Gasteiger partial charge in [0, 0.05) is 16.1 Å². The Kier molecular flexibility index (Phi) is 4.43. The Labute approximate surface area is 128 Å². The van der Waals surface area contributed by atoms with Crippen LogP contribution in [0.3, 0.4) is 0 Å². The molecule has 0 unspecified atom stereocenters. The fourth-order valence-electron chi connectivity index (χ4n) is 1.64. The molecule has 0 radical (unpaired) electrons. The third-order valence-electron chi connectivity index (χ3n) is 2.52. The van der Waals surface area contributed by atoms with Crippen LogP contribution in [0.25, 0.3) is 0 Å². The summed E-state index contributed by atoms with van der Waals surface area (Å²) in [6, 6.07) is 10.1. The van der Waals surface area contributed by atoms with Crippen molar-refractivity contribution in [3.63, 3.8) is 0 Å². The highest BCUT2D eigenvalue weighted by molar-refractivity contribution is 6.30. The summed E-state index contributed by atoms with van der Waals surface area (Å²) in [6.07, 6.45) is 0. The van der Waals surface area contributed by atoms with Crippen molar-refractivity contribution in [2.24, 2.45) is 0 Å². The summed E-state index contributed by atoms with van der Waals surface area (Å²) in [5.74, 6) is 0.805. The highest BCUT2D eigenvalue weighted by Gasteiger charge is 2.11. The van der Waals surface area contributed by atoms with Gasteiger partial charge in [-0.05, 0) is 57.2 Å². The summed E-state index contributed by atoms with van der Waals surface area (Å²) in [6.45, 7) is 6.10. The molecular weight excluding hydrogens is 288 g/mol. The van der Waals surface area contributed by atoms with Crippen molar-refractivity contribution in [1.82, 2.24) is 10.2 Å². The summed E-state index contributed by atoms with van der Waals surface area (Å²) in [5.41, 5.74) is 0.418. The second-order valence-corrected chi connectivity index (χ2v) is 6.08. The van der Waals surface area contributed by atoms with Gasteiger partial charge in [0.05, 0.1) is 0 Å². The zero-order chi connectivity index (χ0) is 15.5. The number of nitrogens with zero attached hydrogens (tertiary/aromatic N) is 2. The number of hydrogen-bond donors (Lipinski definition) is 2. The van der Waals surface area contributed by atoms with Crippen molar-refractivity contribution < 1.29 is 4.79 Å². The normalized spacial score (nSPS) is 11.0. The van der Waals surface area contributed by atoms with Gasteiger partial charge in [-0.3, -0.25) is 4.79 Å². The van der Waals surface area contributed by atoms with Crippen LogP contribution in [0.15, 0.2) is 36.4 Å². The number of amides is 1.